The smallest absolute Gasteiger partial charge is 0.374 e. The van der Waals surface area contributed by atoms with Crippen LogP contribution in [0.15, 0.2) is 36.7 Å². The Morgan fingerprint density at radius 2 is 1.84 bits per heavy atom. The Balaban J connectivity index is 2.15. The van der Waals surface area contributed by atoms with Gasteiger partial charge in [-0.3, -0.25) is 4.79 Å². The molecule has 172 valence electrons. The predicted molar refractivity (Wildman–Crippen MR) is 107 cm³/mol. The Morgan fingerprint density at radius 1 is 1.23 bits per heavy atom. The van der Waals surface area contributed by atoms with Gasteiger partial charge in [0.05, 0.1) is 12.2 Å². The molecule has 0 aliphatic heterocycles. The van der Waals surface area contributed by atoms with Crippen molar-refractivity contribution in [2.75, 3.05) is 0 Å². The van der Waals surface area contributed by atoms with E-state index in [9.17, 15) is 31.5 Å². The summed E-state index contributed by atoms with van der Waals surface area (Å²) in [5, 5.41) is 12.6. The number of aliphatic hydroxyl groups is 1. The first-order valence-corrected chi connectivity index (χ1v) is 11.0. The van der Waals surface area contributed by atoms with Gasteiger partial charge in [-0.05, 0) is 25.0 Å². The Morgan fingerprint density at radius 3 is 2.35 bits per heavy atom. The second-order valence-electron chi connectivity index (χ2n) is 7.47. The molecule has 1 atom stereocenters. The molecule has 0 saturated heterocycles. The highest BCUT2D eigenvalue weighted by molar-refractivity contribution is 7.88. The first-order valence-electron chi connectivity index (χ1n) is 9.35. The number of halogens is 3. The third kappa shape index (κ3) is 6.28. The first kappa shape index (κ1) is 24.8. The number of benzene rings is 1. The van der Waals surface area contributed by atoms with Crippen molar-refractivity contribution in [2.45, 2.75) is 50.4 Å². The largest absolute Gasteiger partial charge is 0.425 e. The highest BCUT2D eigenvalue weighted by Crippen LogP contribution is 2.40. The zero-order valence-corrected chi connectivity index (χ0v) is 18.1. The molecule has 1 aromatic heterocycles. The summed E-state index contributed by atoms with van der Waals surface area (Å²) in [5.74, 6) is -2.13. The number of alkyl halides is 3. The SMILES string of the molecule is CC(C)NS(=O)(=O)Cc1ccccc1CNC(=O)CC(O)(c1nccn1C)C(F)(F)F. The normalized spacial score (nSPS) is 14.5. The van der Waals surface area contributed by atoms with Crippen molar-refractivity contribution < 1.29 is 31.5 Å². The van der Waals surface area contributed by atoms with Crippen LogP contribution < -0.4 is 10.0 Å². The van der Waals surface area contributed by atoms with Crippen molar-refractivity contribution in [3.8, 4) is 0 Å². The van der Waals surface area contributed by atoms with Gasteiger partial charge in [0.1, 0.15) is 0 Å². The zero-order chi connectivity index (χ0) is 23.4. The van der Waals surface area contributed by atoms with Gasteiger partial charge in [0.25, 0.3) is 0 Å². The highest BCUT2D eigenvalue weighted by Gasteiger charge is 2.58. The monoisotopic (exact) mass is 462 g/mol. The van der Waals surface area contributed by atoms with E-state index in [1.165, 1.54) is 13.2 Å². The van der Waals surface area contributed by atoms with Gasteiger partial charge in [-0.2, -0.15) is 13.2 Å². The molecule has 12 heteroatoms. The molecule has 1 unspecified atom stereocenters. The molecule has 0 radical (unpaired) electrons. The van der Waals surface area contributed by atoms with Crippen LogP contribution in [0.3, 0.4) is 0 Å². The molecular weight excluding hydrogens is 437 g/mol. The van der Waals surface area contributed by atoms with Crippen molar-refractivity contribution in [1.29, 1.82) is 0 Å². The Labute approximate surface area is 178 Å². The van der Waals surface area contributed by atoms with Gasteiger partial charge in [0.15, 0.2) is 5.82 Å². The lowest BCUT2D eigenvalue weighted by Crippen LogP contribution is -2.47. The van der Waals surface area contributed by atoms with Crippen LogP contribution in [0.5, 0.6) is 0 Å². The lowest BCUT2D eigenvalue weighted by Gasteiger charge is -2.29. The molecule has 0 aliphatic rings. The fourth-order valence-corrected chi connectivity index (χ4v) is 4.53. The summed E-state index contributed by atoms with van der Waals surface area (Å²) < 4.78 is 68.5. The summed E-state index contributed by atoms with van der Waals surface area (Å²) in [7, 11) is -2.36. The molecule has 1 heterocycles. The van der Waals surface area contributed by atoms with Crippen molar-refractivity contribution in [1.82, 2.24) is 19.6 Å². The molecule has 2 aromatic rings. The van der Waals surface area contributed by atoms with Gasteiger partial charge >= 0.3 is 6.18 Å². The molecule has 2 rings (SSSR count). The van der Waals surface area contributed by atoms with E-state index in [2.05, 4.69) is 15.0 Å². The topological polar surface area (TPSA) is 113 Å². The molecule has 0 aliphatic carbocycles. The summed E-state index contributed by atoms with van der Waals surface area (Å²) in [4.78, 5) is 15.8. The molecule has 1 aromatic carbocycles. The van der Waals surface area contributed by atoms with E-state index >= 15 is 0 Å². The van der Waals surface area contributed by atoms with Crippen LogP contribution in [0.2, 0.25) is 0 Å². The Bertz CT molecular complexity index is 1020. The number of aromatic nitrogens is 2. The second-order valence-corrected chi connectivity index (χ2v) is 9.23. The van der Waals surface area contributed by atoms with E-state index in [4.69, 9.17) is 0 Å². The maximum absolute atomic E-state index is 13.6. The minimum absolute atomic E-state index is 0.208. The Hall–Kier alpha value is -2.44. The summed E-state index contributed by atoms with van der Waals surface area (Å²) in [6.07, 6.45) is -4.12. The van der Waals surface area contributed by atoms with Crippen LogP contribution in [0, 0.1) is 0 Å². The fraction of sp³-hybridized carbons (Fsp3) is 0.474. The van der Waals surface area contributed by atoms with Crippen molar-refractivity contribution in [3.05, 3.63) is 53.6 Å². The average molecular weight is 462 g/mol. The van der Waals surface area contributed by atoms with Gasteiger partial charge in [-0.15, -0.1) is 0 Å². The standard InChI is InChI=1S/C19H25F3N4O4S/c1-13(2)25-31(29,30)12-15-7-5-4-6-14(15)11-24-16(27)10-18(28,19(20,21)22)17-23-8-9-26(17)3/h4-9,13,25,28H,10-12H2,1-3H3,(H,24,27). The van der Waals surface area contributed by atoms with Crippen LogP contribution >= 0.6 is 0 Å². The summed E-state index contributed by atoms with van der Waals surface area (Å²) in [6.45, 7) is 3.14. The minimum atomic E-state index is -5.14. The lowest BCUT2D eigenvalue weighted by molar-refractivity contribution is -0.271. The first-order chi connectivity index (χ1) is 14.2. The van der Waals surface area contributed by atoms with Crippen LogP contribution in [0.1, 0.15) is 37.2 Å². The predicted octanol–water partition coefficient (Wildman–Crippen LogP) is 1.70. The number of rotatable bonds is 9. The molecule has 0 bridgehead atoms. The number of carbonyl (C=O) groups excluding carboxylic acids is 1. The van der Waals surface area contributed by atoms with E-state index in [1.54, 1.807) is 38.1 Å². The quantitative estimate of drug-likeness (QED) is 0.525. The number of imidazole rings is 1. The van der Waals surface area contributed by atoms with E-state index in [0.29, 0.717) is 11.1 Å². The van der Waals surface area contributed by atoms with E-state index in [0.717, 1.165) is 10.8 Å². The van der Waals surface area contributed by atoms with Crippen LogP contribution in [-0.2, 0) is 39.8 Å². The van der Waals surface area contributed by atoms with Crippen molar-refractivity contribution in [3.63, 3.8) is 0 Å². The number of aryl methyl sites for hydroxylation is 1. The van der Waals surface area contributed by atoms with E-state index in [-0.39, 0.29) is 18.3 Å². The Kier molecular flexibility index (Phi) is 7.50. The molecule has 8 nitrogen and oxygen atoms in total. The maximum atomic E-state index is 13.6. The van der Waals surface area contributed by atoms with Crippen LogP contribution in [-0.4, -0.2) is 41.2 Å². The third-order valence-electron chi connectivity index (χ3n) is 4.43. The molecule has 31 heavy (non-hydrogen) atoms. The molecule has 0 saturated carbocycles. The number of hydrogen-bond acceptors (Lipinski definition) is 5. The maximum Gasteiger partial charge on any atom is 0.425 e. The number of nitrogens with zero attached hydrogens (tertiary/aromatic N) is 2. The van der Waals surface area contributed by atoms with Crippen molar-refractivity contribution >= 4 is 15.9 Å². The summed E-state index contributed by atoms with van der Waals surface area (Å²) >= 11 is 0. The zero-order valence-electron chi connectivity index (χ0n) is 17.3. The molecular formula is C19H25F3N4O4S. The summed E-state index contributed by atoms with van der Waals surface area (Å²) in [5.41, 5.74) is -2.65. The second kappa shape index (κ2) is 9.37. The molecule has 0 spiro atoms. The van der Waals surface area contributed by atoms with Gasteiger partial charge in [-0.1, -0.05) is 24.3 Å². The number of hydrogen-bond donors (Lipinski definition) is 3. The van der Waals surface area contributed by atoms with Gasteiger partial charge in [0, 0.05) is 32.0 Å². The fourth-order valence-electron chi connectivity index (χ4n) is 3.04. The van der Waals surface area contributed by atoms with Crippen LogP contribution in [0.25, 0.3) is 0 Å². The third-order valence-corrected chi connectivity index (χ3v) is 5.95. The minimum Gasteiger partial charge on any atom is -0.374 e. The highest BCUT2D eigenvalue weighted by atomic mass is 32.2. The van der Waals surface area contributed by atoms with Crippen molar-refractivity contribution in [2.24, 2.45) is 7.05 Å². The molecule has 1 amide bonds. The lowest BCUT2D eigenvalue weighted by atomic mass is 9.97. The van der Waals surface area contributed by atoms with E-state index in [1.807, 2.05) is 0 Å². The number of sulfonamides is 1. The van der Waals surface area contributed by atoms with Crippen LogP contribution in [0.4, 0.5) is 13.2 Å². The molecule has 0 fully saturated rings. The van der Waals surface area contributed by atoms with Gasteiger partial charge < -0.3 is 15.0 Å². The number of amides is 1. The van der Waals surface area contributed by atoms with E-state index < -0.39 is 40.0 Å². The number of carbonyl (C=O) groups is 1. The summed E-state index contributed by atoms with van der Waals surface area (Å²) in [6, 6.07) is 6.06. The number of nitrogens with one attached hydrogen (secondary N) is 2. The van der Waals surface area contributed by atoms with Gasteiger partial charge in [0.2, 0.25) is 21.5 Å². The average Bonchev–Trinajstić information content (AvgIpc) is 3.05. The van der Waals surface area contributed by atoms with Gasteiger partial charge in [-0.25, -0.2) is 18.1 Å². The molecule has 3 N–H and O–H groups in total.